The molecule has 1 saturated carbocycles. The highest BCUT2D eigenvalue weighted by Crippen LogP contribution is 2.18. The molecule has 3 heteroatoms. The molecule has 1 saturated heterocycles. The van der Waals surface area contributed by atoms with Gasteiger partial charge in [-0.3, -0.25) is 0 Å². The molecular formula is C11H22N2O. The third-order valence-electron chi connectivity index (χ3n) is 3.35. The molecule has 1 aliphatic carbocycles. The van der Waals surface area contributed by atoms with E-state index in [2.05, 4.69) is 5.32 Å². The summed E-state index contributed by atoms with van der Waals surface area (Å²) in [6.45, 7) is 2.07. The lowest BCUT2D eigenvalue weighted by Crippen LogP contribution is -2.49. The van der Waals surface area contributed by atoms with Crippen molar-refractivity contribution in [2.24, 2.45) is 5.73 Å². The van der Waals surface area contributed by atoms with Gasteiger partial charge in [-0.25, -0.2) is 0 Å². The molecule has 0 bridgehead atoms. The fourth-order valence-electron chi connectivity index (χ4n) is 2.31. The molecule has 2 aliphatic rings. The van der Waals surface area contributed by atoms with Crippen LogP contribution in [0.3, 0.4) is 0 Å². The van der Waals surface area contributed by atoms with E-state index in [0.717, 1.165) is 26.0 Å². The first-order chi connectivity index (χ1) is 6.84. The van der Waals surface area contributed by atoms with Crippen LogP contribution in [0.2, 0.25) is 0 Å². The van der Waals surface area contributed by atoms with Crippen LogP contribution in [0.25, 0.3) is 0 Å². The first kappa shape index (κ1) is 10.4. The molecule has 0 aromatic heterocycles. The van der Waals surface area contributed by atoms with E-state index in [4.69, 9.17) is 10.5 Å². The summed E-state index contributed by atoms with van der Waals surface area (Å²) in [7, 11) is 0. The number of nitrogens with two attached hydrogens (primary N) is 1. The van der Waals surface area contributed by atoms with Crippen molar-refractivity contribution < 1.29 is 4.74 Å². The molecular weight excluding hydrogens is 176 g/mol. The van der Waals surface area contributed by atoms with E-state index in [1.165, 1.54) is 25.7 Å². The van der Waals surface area contributed by atoms with Crippen molar-refractivity contribution in [3.63, 3.8) is 0 Å². The zero-order valence-corrected chi connectivity index (χ0v) is 8.87. The van der Waals surface area contributed by atoms with Crippen molar-refractivity contribution in [1.29, 1.82) is 0 Å². The Morgan fingerprint density at radius 2 is 2.14 bits per heavy atom. The second-order valence-corrected chi connectivity index (χ2v) is 4.66. The largest absolute Gasteiger partial charge is 0.378 e. The monoisotopic (exact) mass is 198 g/mol. The van der Waals surface area contributed by atoms with Crippen molar-refractivity contribution in [3.05, 3.63) is 0 Å². The first-order valence-electron chi connectivity index (χ1n) is 5.95. The van der Waals surface area contributed by atoms with E-state index in [1.807, 2.05) is 0 Å². The van der Waals surface area contributed by atoms with E-state index in [0.29, 0.717) is 18.2 Å². The van der Waals surface area contributed by atoms with Crippen LogP contribution in [0.15, 0.2) is 0 Å². The molecule has 1 unspecified atom stereocenters. The summed E-state index contributed by atoms with van der Waals surface area (Å²) in [5.74, 6) is 0. The van der Waals surface area contributed by atoms with Gasteiger partial charge in [0.25, 0.3) is 0 Å². The highest BCUT2D eigenvalue weighted by atomic mass is 16.5. The molecule has 0 spiro atoms. The lowest BCUT2D eigenvalue weighted by Gasteiger charge is -2.33. The Labute approximate surface area is 86.4 Å². The predicted octanol–water partition coefficient (Wildman–Crippen LogP) is 1.02. The SMILES string of the molecule is NC1CC(NCCC2CCCCO2)C1. The number of hydrogen-bond donors (Lipinski definition) is 2. The minimum Gasteiger partial charge on any atom is -0.378 e. The van der Waals surface area contributed by atoms with Gasteiger partial charge in [-0.2, -0.15) is 0 Å². The Kier molecular flexibility index (Phi) is 3.79. The Morgan fingerprint density at radius 1 is 1.29 bits per heavy atom. The Morgan fingerprint density at radius 3 is 2.79 bits per heavy atom. The number of hydrogen-bond acceptors (Lipinski definition) is 3. The third kappa shape index (κ3) is 2.94. The van der Waals surface area contributed by atoms with Crippen LogP contribution in [0.1, 0.15) is 38.5 Å². The first-order valence-corrected chi connectivity index (χ1v) is 5.95. The van der Waals surface area contributed by atoms with Gasteiger partial charge in [0.1, 0.15) is 0 Å². The van der Waals surface area contributed by atoms with Crippen LogP contribution in [0.4, 0.5) is 0 Å². The number of ether oxygens (including phenoxy) is 1. The summed E-state index contributed by atoms with van der Waals surface area (Å²) in [5, 5.41) is 3.54. The normalized spacial score (nSPS) is 37.9. The fourth-order valence-corrected chi connectivity index (χ4v) is 2.31. The van der Waals surface area contributed by atoms with Crippen LogP contribution in [-0.4, -0.2) is 31.3 Å². The zero-order chi connectivity index (χ0) is 9.80. The molecule has 1 aliphatic heterocycles. The second kappa shape index (κ2) is 5.10. The van der Waals surface area contributed by atoms with Crippen LogP contribution in [0.5, 0.6) is 0 Å². The minimum absolute atomic E-state index is 0.457. The van der Waals surface area contributed by atoms with E-state index in [-0.39, 0.29) is 0 Å². The maximum Gasteiger partial charge on any atom is 0.0587 e. The van der Waals surface area contributed by atoms with Crippen molar-refractivity contribution >= 4 is 0 Å². The smallest absolute Gasteiger partial charge is 0.0587 e. The maximum atomic E-state index is 5.72. The number of nitrogens with one attached hydrogen (secondary N) is 1. The van der Waals surface area contributed by atoms with Crippen molar-refractivity contribution in [3.8, 4) is 0 Å². The quantitative estimate of drug-likeness (QED) is 0.709. The average Bonchev–Trinajstić information content (AvgIpc) is 2.17. The summed E-state index contributed by atoms with van der Waals surface area (Å²) in [4.78, 5) is 0. The summed E-state index contributed by atoms with van der Waals surface area (Å²) in [6, 6.07) is 1.15. The van der Waals surface area contributed by atoms with Gasteiger partial charge in [0, 0.05) is 18.7 Å². The van der Waals surface area contributed by atoms with Gasteiger partial charge < -0.3 is 15.8 Å². The van der Waals surface area contributed by atoms with Gasteiger partial charge in [0.15, 0.2) is 0 Å². The fraction of sp³-hybridized carbons (Fsp3) is 1.00. The van der Waals surface area contributed by atoms with Crippen molar-refractivity contribution in [1.82, 2.24) is 5.32 Å². The summed E-state index contributed by atoms with van der Waals surface area (Å²) in [5.41, 5.74) is 5.72. The van der Waals surface area contributed by atoms with Crippen LogP contribution >= 0.6 is 0 Å². The second-order valence-electron chi connectivity index (χ2n) is 4.66. The molecule has 2 rings (SSSR count). The maximum absolute atomic E-state index is 5.72. The lowest BCUT2D eigenvalue weighted by molar-refractivity contribution is 0.0107. The third-order valence-corrected chi connectivity index (χ3v) is 3.35. The van der Waals surface area contributed by atoms with Crippen LogP contribution in [-0.2, 0) is 4.74 Å². The molecule has 1 heterocycles. The summed E-state index contributed by atoms with van der Waals surface area (Å²) in [6.07, 6.45) is 7.86. The van der Waals surface area contributed by atoms with Crippen molar-refractivity contribution in [2.75, 3.05) is 13.2 Å². The lowest BCUT2D eigenvalue weighted by atomic mass is 9.87. The average molecular weight is 198 g/mol. The van der Waals surface area contributed by atoms with Gasteiger partial charge >= 0.3 is 0 Å². The Balaban J connectivity index is 1.50. The van der Waals surface area contributed by atoms with E-state index in [9.17, 15) is 0 Å². The standard InChI is InChI=1S/C11H22N2O/c12-9-7-10(8-9)13-5-4-11-3-1-2-6-14-11/h9-11,13H,1-8,12H2. The molecule has 0 amide bonds. The van der Waals surface area contributed by atoms with Gasteiger partial charge in [-0.15, -0.1) is 0 Å². The van der Waals surface area contributed by atoms with Crippen LogP contribution in [0, 0.1) is 0 Å². The van der Waals surface area contributed by atoms with E-state index in [1.54, 1.807) is 0 Å². The number of rotatable bonds is 4. The molecule has 14 heavy (non-hydrogen) atoms. The summed E-state index contributed by atoms with van der Waals surface area (Å²) < 4.78 is 5.67. The molecule has 3 nitrogen and oxygen atoms in total. The molecule has 0 radical (unpaired) electrons. The highest BCUT2D eigenvalue weighted by Gasteiger charge is 2.25. The van der Waals surface area contributed by atoms with Gasteiger partial charge in [0.2, 0.25) is 0 Å². The Hall–Kier alpha value is -0.120. The molecule has 0 aromatic carbocycles. The summed E-state index contributed by atoms with van der Waals surface area (Å²) >= 11 is 0. The Bertz CT molecular complexity index is 163. The molecule has 0 aromatic rings. The van der Waals surface area contributed by atoms with Gasteiger partial charge in [-0.05, 0) is 45.1 Å². The topological polar surface area (TPSA) is 47.3 Å². The van der Waals surface area contributed by atoms with Gasteiger partial charge in [0.05, 0.1) is 6.10 Å². The molecule has 3 N–H and O–H groups in total. The molecule has 82 valence electrons. The van der Waals surface area contributed by atoms with Gasteiger partial charge in [-0.1, -0.05) is 0 Å². The van der Waals surface area contributed by atoms with E-state index < -0.39 is 0 Å². The van der Waals surface area contributed by atoms with Crippen LogP contribution < -0.4 is 11.1 Å². The predicted molar refractivity (Wildman–Crippen MR) is 57.2 cm³/mol. The van der Waals surface area contributed by atoms with E-state index >= 15 is 0 Å². The zero-order valence-electron chi connectivity index (χ0n) is 8.87. The van der Waals surface area contributed by atoms with Crippen molar-refractivity contribution in [2.45, 2.75) is 56.7 Å². The highest BCUT2D eigenvalue weighted by molar-refractivity contribution is 4.87. The minimum atomic E-state index is 0.457. The molecule has 2 fully saturated rings. The molecule has 1 atom stereocenters.